The van der Waals surface area contributed by atoms with Crippen LogP contribution in [-0.2, 0) is 9.53 Å². The molecule has 0 saturated carbocycles. The van der Waals surface area contributed by atoms with Crippen molar-refractivity contribution in [1.29, 1.82) is 0 Å². The Labute approximate surface area is 107 Å². The Hall–Kier alpha value is -0.260. The number of hydrogen-bond acceptors (Lipinski definition) is 4. The van der Waals surface area contributed by atoms with Crippen LogP contribution in [0.3, 0.4) is 0 Å². The van der Waals surface area contributed by atoms with Crippen LogP contribution in [0, 0.1) is 0 Å². The fourth-order valence-corrected chi connectivity index (χ4v) is 3.63. The first-order valence-electron chi connectivity index (χ1n) is 6.45. The van der Waals surface area contributed by atoms with Crippen LogP contribution in [0.1, 0.15) is 25.7 Å². The van der Waals surface area contributed by atoms with Gasteiger partial charge in [-0.15, -0.1) is 0 Å². The highest BCUT2D eigenvalue weighted by atomic mass is 32.2. The molecule has 2 rings (SSSR count). The molecule has 0 aromatic heterocycles. The largest absolute Gasteiger partial charge is 0.380 e. The van der Waals surface area contributed by atoms with Crippen LogP contribution in [-0.4, -0.2) is 49.3 Å². The van der Waals surface area contributed by atoms with E-state index in [1.807, 2.05) is 11.8 Å². The van der Waals surface area contributed by atoms with E-state index in [1.54, 1.807) is 7.11 Å². The molecule has 2 fully saturated rings. The Balaban J connectivity index is 1.66. The van der Waals surface area contributed by atoms with Crippen molar-refractivity contribution in [3.05, 3.63) is 0 Å². The third-order valence-electron chi connectivity index (χ3n) is 3.52. The second-order valence-electron chi connectivity index (χ2n) is 4.79. The van der Waals surface area contributed by atoms with Crippen molar-refractivity contribution in [2.24, 2.45) is 0 Å². The minimum atomic E-state index is -0.0615. The lowest BCUT2D eigenvalue weighted by Crippen LogP contribution is -2.43. The third-order valence-corrected chi connectivity index (χ3v) is 4.92. The van der Waals surface area contributed by atoms with E-state index in [4.69, 9.17) is 4.74 Å². The average molecular weight is 258 g/mol. The van der Waals surface area contributed by atoms with E-state index in [0.717, 1.165) is 19.5 Å². The summed E-state index contributed by atoms with van der Waals surface area (Å²) in [6.07, 6.45) is 4.86. The number of ether oxygens (including phenoxy) is 1. The van der Waals surface area contributed by atoms with E-state index in [1.165, 1.54) is 25.0 Å². The highest BCUT2D eigenvalue weighted by Crippen LogP contribution is 2.24. The molecular weight excluding hydrogens is 236 g/mol. The molecule has 17 heavy (non-hydrogen) atoms. The second kappa shape index (κ2) is 6.61. The summed E-state index contributed by atoms with van der Waals surface area (Å²) in [7, 11) is 1.70. The van der Waals surface area contributed by atoms with E-state index in [0.29, 0.717) is 5.25 Å². The fraction of sp³-hybridized carbons (Fsp3) is 0.917. The van der Waals surface area contributed by atoms with Gasteiger partial charge in [-0.05, 0) is 25.0 Å². The number of methoxy groups -OCH3 is 1. The average Bonchev–Trinajstić information content (AvgIpc) is 2.86. The Morgan fingerprint density at radius 1 is 1.53 bits per heavy atom. The van der Waals surface area contributed by atoms with Crippen LogP contribution in [0.2, 0.25) is 0 Å². The highest BCUT2D eigenvalue weighted by Gasteiger charge is 2.29. The van der Waals surface area contributed by atoms with Crippen LogP contribution < -0.4 is 10.6 Å². The van der Waals surface area contributed by atoms with Gasteiger partial charge < -0.3 is 15.4 Å². The number of nitrogens with one attached hydrogen (secondary N) is 2. The SMILES string of the molecule is COC1CNC(C(=O)NCC2CCCCS2)C1. The van der Waals surface area contributed by atoms with Gasteiger partial charge in [-0.2, -0.15) is 11.8 Å². The minimum absolute atomic E-state index is 0.0615. The summed E-state index contributed by atoms with van der Waals surface area (Å²) in [6, 6.07) is -0.0615. The van der Waals surface area contributed by atoms with Crippen LogP contribution >= 0.6 is 11.8 Å². The fourth-order valence-electron chi connectivity index (χ4n) is 2.39. The number of hydrogen-bond donors (Lipinski definition) is 2. The molecule has 0 spiro atoms. The summed E-state index contributed by atoms with van der Waals surface area (Å²) in [5.41, 5.74) is 0. The van der Waals surface area contributed by atoms with Crippen molar-refractivity contribution < 1.29 is 9.53 Å². The van der Waals surface area contributed by atoms with E-state index in [2.05, 4.69) is 10.6 Å². The van der Waals surface area contributed by atoms with Crippen LogP contribution in [0.5, 0.6) is 0 Å². The van der Waals surface area contributed by atoms with E-state index >= 15 is 0 Å². The Kier molecular flexibility index (Phi) is 5.13. The number of amides is 1. The molecule has 2 aliphatic heterocycles. The zero-order valence-electron chi connectivity index (χ0n) is 10.4. The summed E-state index contributed by atoms with van der Waals surface area (Å²) in [6.45, 7) is 1.60. The normalized spacial score (nSPS) is 33.6. The van der Waals surface area contributed by atoms with Crippen molar-refractivity contribution >= 4 is 17.7 Å². The van der Waals surface area contributed by atoms with Crippen LogP contribution in [0.25, 0.3) is 0 Å². The molecule has 3 atom stereocenters. The molecule has 0 aliphatic carbocycles. The predicted molar refractivity (Wildman–Crippen MR) is 70.3 cm³/mol. The summed E-state index contributed by atoms with van der Waals surface area (Å²) >= 11 is 1.99. The summed E-state index contributed by atoms with van der Waals surface area (Å²) in [4.78, 5) is 11.9. The summed E-state index contributed by atoms with van der Waals surface area (Å²) in [5.74, 6) is 1.38. The zero-order chi connectivity index (χ0) is 12.1. The molecule has 0 aromatic rings. The number of rotatable bonds is 4. The molecule has 2 N–H and O–H groups in total. The first-order valence-corrected chi connectivity index (χ1v) is 7.50. The van der Waals surface area contributed by atoms with Crippen LogP contribution in [0.15, 0.2) is 0 Å². The molecule has 3 unspecified atom stereocenters. The molecule has 5 heteroatoms. The smallest absolute Gasteiger partial charge is 0.237 e. The maximum atomic E-state index is 11.9. The van der Waals surface area contributed by atoms with Gasteiger partial charge in [-0.1, -0.05) is 6.42 Å². The molecule has 2 heterocycles. The highest BCUT2D eigenvalue weighted by molar-refractivity contribution is 7.99. The van der Waals surface area contributed by atoms with Crippen molar-refractivity contribution in [1.82, 2.24) is 10.6 Å². The molecule has 0 aromatic carbocycles. The van der Waals surface area contributed by atoms with Crippen molar-refractivity contribution in [2.45, 2.75) is 43.1 Å². The van der Waals surface area contributed by atoms with Gasteiger partial charge in [0.1, 0.15) is 0 Å². The lowest BCUT2D eigenvalue weighted by Gasteiger charge is -2.22. The monoisotopic (exact) mass is 258 g/mol. The van der Waals surface area contributed by atoms with E-state index in [9.17, 15) is 4.79 Å². The quantitative estimate of drug-likeness (QED) is 0.782. The first kappa shape index (κ1) is 13.2. The van der Waals surface area contributed by atoms with Gasteiger partial charge in [-0.25, -0.2) is 0 Å². The van der Waals surface area contributed by atoms with Gasteiger partial charge in [-0.3, -0.25) is 4.79 Å². The molecule has 0 radical (unpaired) electrons. The first-order chi connectivity index (χ1) is 8.29. The van der Waals surface area contributed by atoms with Gasteiger partial charge in [0.15, 0.2) is 0 Å². The molecule has 0 bridgehead atoms. The number of carbonyl (C=O) groups is 1. The minimum Gasteiger partial charge on any atom is -0.380 e. The van der Waals surface area contributed by atoms with Crippen molar-refractivity contribution in [2.75, 3.05) is 26.0 Å². The van der Waals surface area contributed by atoms with E-state index < -0.39 is 0 Å². The number of carbonyl (C=O) groups excluding carboxylic acids is 1. The standard InChI is InChI=1S/C12H22N2O2S/c1-16-9-6-11(13-7-9)12(15)14-8-10-4-2-3-5-17-10/h9-11,13H,2-8H2,1H3,(H,14,15). The van der Waals surface area contributed by atoms with Crippen LogP contribution in [0.4, 0.5) is 0 Å². The Morgan fingerprint density at radius 2 is 2.41 bits per heavy atom. The molecule has 4 nitrogen and oxygen atoms in total. The molecular formula is C12H22N2O2S. The van der Waals surface area contributed by atoms with Crippen molar-refractivity contribution in [3.8, 4) is 0 Å². The van der Waals surface area contributed by atoms with Gasteiger partial charge >= 0.3 is 0 Å². The molecule has 2 saturated heterocycles. The summed E-state index contributed by atoms with van der Waals surface area (Å²) < 4.78 is 5.24. The lowest BCUT2D eigenvalue weighted by molar-refractivity contribution is -0.122. The molecule has 1 amide bonds. The molecule has 98 valence electrons. The third kappa shape index (κ3) is 3.86. The van der Waals surface area contributed by atoms with Gasteiger partial charge in [0.25, 0.3) is 0 Å². The molecule has 2 aliphatic rings. The predicted octanol–water partition coefficient (Wildman–Crippen LogP) is 0.765. The number of thioether (sulfide) groups is 1. The Morgan fingerprint density at radius 3 is 3.06 bits per heavy atom. The van der Waals surface area contributed by atoms with E-state index in [-0.39, 0.29) is 18.1 Å². The maximum Gasteiger partial charge on any atom is 0.237 e. The lowest BCUT2D eigenvalue weighted by atomic mass is 10.1. The maximum absolute atomic E-state index is 11.9. The van der Waals surface area contributed by atoms with Gasteiger partial charge in [0, 0.05) is 25.4 Å². The summed E-state index contributed by atoms with van der Waals surface area (Å²) in [5, 5.41) is 6.88. The van der Waals surface area contributed by atoms with Gasteiger partial charge in [0.05, 0.1) is 12.1 Å². The van der Waals surface area contributed by atoms with Crippen molar-refractivity contribution in [3.63, 3.8) is 0 Å². The zero-order valence-corrected chi connectivity index (χ0v) is 11.2. The Bertz CT molecular complexity index is 257. The topological polar surface area (TPSA) is 50.4 Å². The second-order valence-corrected chi connectivity index (χ2v) is 6.20. The van der Waals surface area contributed by atoms with Gasteiger partial charge in [0.2, 0.25) is 5.91 Å².